The van der Waals surface area contributed by atoms with E-state index >= 15 is 0 Å². The summed E-state index contributed by atoms with van der Waals surface area (Å²) in [6.07, 6.45) is 3.61. The largest absolute Gasteiger partial charge is 0.340 e. The van der Waals surface area contributed by atoms with E-state index in [0.29, 0.717) is 11.7 Å². The van der Waals surface area contributed by atoms with Crippen molar-refractivity contribution in [2.75, 3.05) is 11.4 Å². The Balaban J connectivity index is 1.61. The Morgan fingerprint density at radius 2 is 2.00 bits per heavy atom. The number of aryl methyl sites for hydroxylation is 1. The quantitative estimate of drug-likeness (QED) is 0.766. The highest BCUT2D eigenvalue weighted by molar-refractivity contribution is 5.81. The van der Waals surface area contributed by atoms with E-state index in [1.165, 1.54) is 12.8 Å². The summed E-state index contributed by atoms with van der Waals surface area (Å²) in [4.78, 5) is 26.2. The molecule has 2 aromatic heterocycles. The summed E-state index contributed by atoms with van der Waals surface area (Å²) in [7, 11) is 0. The Bertz CT molecular complexity index is 988. The van der Waals surface area contributed by atoms with Gasteiger partial charge in [0.15, 0.2) is 5.82 Å². The number of anilines is 1. The maximum absolute atomic E-state index is 11.6. The molecule has 1 saturated heterocycles. The molecular formula is C18H20N6O. The fraction of sp³-hybridized carbons (Fsp3) is 0.444. The van der Waals surface area contributed by atoms with Crippen LogP contribution < -0.4 is 10.6 Å². The van der Waals surface area contributed by atoms with Gasteiger partial charge in [-0.05, 0) is 44.1 Å². The molecule has 5 rings (SSSR count). The van der Waals surface area contributed by atoms with Crippen molar-refractivity contribution in [2.24, 2.45) is 11.8 Å². The van der Waals surface area contributed by atoms with Crippen molar-refractivity contribution in [1.29, 1.82) is 0 Å². The standard InChI is InChI=1S/C18H20N6O/c1-10-12-4-2-3-5-14(12)20-17(19-10)24-9-8-13(11-6-7-11)15(24)16-21-18(25)23-22-16/h2-5,11,13,15H,6-9H2,1H3,(H2,21,22,23,25). The van der Waals surface area contributed by atoms with Crippen molar-refractivity contribution >= 4 is 16.9 Å². The lowest BCUT2D eigenvalue weighted by Crippen LogP contribution is -2.29. The number of aromatic nitrogens is 5. The second-order valence-electron chi connectivity index (χ2n) is 7.12. The monoisotopic (exact) mass is 336 g/mol. The average molecular weight is 336 g/mol. The highest BCUT2D eigenvalue weighted by atomic mass is 16.1. The Hall–Kier alpha value is -2.70. The molecule has 7 heteroatoms. The zero-order chi connectivity index (χ0) is 17.0. The summed E-state index contributed by atoms with van der Waals surface area (Å²) in [5.41, 5.74) is 1.67. The number of nitrogens with zero attached hydrogens (tertiary/aromatic N) is 4. The molecular weight excluding hydrogens is 316 g/mol. The van der Waals surface area contributed by atoms with Crippen LogP contribution in [0.2, 0.25) is 0 Å². The van der Waals surface area contributed by atoms with Crippen LogP contribution >= 0.6 is 0 Å². The minimum atomic E-state index is -0.257. The van der Waals surface area contributed by atoms with E-state index < -0.39 is 0 Å². The number of fused-ring (bicyclic) bond motifs is 1. The van der Waals surface area contributed by atoms with E-state index in [1.807, 2.05) is 31.2 Å². The molecule has 1 saturated carbocycles. The molecule has 7 nitrogen and oxygen atoms in total. The summed E-state index contributed by atoms with van der Waals surface area (Å²) in [5.74, 6) is 2.65. The highest BCUT2D eigenvalue weighted by Gasteiger charge is 2.46. The number of hydrogen-bond donors (Lipinski definition) is 2. The molecule has 1 aliphatic carbocycles. The molecule has 0 spiro atoms. The van der Waals surface area contributed by atoms with Crippen molar-refractivity contribution in [1.82, 2.24) is 25.1 Å². The van der Waals surface area contributed by atoms with E-state index in [9.17, 15) is 4.79 Å². The van der Waals surface area contributed by atoms with Crippen molar-refractivity contribution < 1.29 is 0 Å². The van der Waals surface area contributed by atoms with Crippen molar-refractivity contribution in [2.45, 2.75) is 32.2 Å². The van der Waals surface area contributed by atoms with Gasteiger partial charge < -0.3 is 4.90 Å². The van der Waals surface area contributed by atoms with Gasteiger partial charge in [0.25, 0.3) is 0 Å². The first kappa shape index (κ1) is 14.6. The molecule has 0 bridgehead atoms. The number of aromatic amines is 2. The zero-order valence-corrected chi connectivity index (χ0v) is 14.1. The predicted octanol–water partition coefficient (Wildman–Crippen LogP) is 2.33. The second-order valence-corrected chi connectivity index (χ2v) is 7.12. The molecule has 2 fully saturated rings. The fourth-order valence-corrected chi connectivity index (χ4v) is 4.18. The van der Waals surface area contributed by atoms with Crippen LogP contribution in [0.5, 0.6) is 0 Å². The molecule has 3 heterocycles. The first-order chi connectivity index (χ1) is 12.2. The minimum Gasteiger partial charge on any atom is -0.330 e. The normalized spacial score (nSPS) is 23.5. The highest BCUT2D eigenvalue weighted by Crippen LogP contribution is 2.50. The third-order valence-electron chi connectivity index (χ3n) is 5.51. The number of nitrogens with one attached hydrogen (secondary N) is 2. The molecule has 25 heavy (non-hydrogen) atoms. The summed E-state index contributed by atoms with van der Waals surface area (Å²) < 4.78 is 0. The Labute approximate surface area is 144 Å². The van der Waals surface area contributed by atoms with Crippen LogP contribution in [-0.2, 0) is 0 Å². The van der Waals surface area contributed by atoms with Gasteiger partial charge in [-0.15, -0.1) is 0 Å². The number of benzene rings is 1. The molecule has 3 aromatic rings. The van der Waals surface area contributed by atoms with Crippen LogP contribution in [-0.4, -0.2) is 31.7 Å². The predicted molar refractivity (Wildman–Crippen MR) is 94.4 cm³/mol. The van der Waals surface area contributed by atoms with Crippen LogP contribution in [0.25, 0.3) is 10.9 Å². The molecule has 1 aromatic carbocycles. The van der Waals surface area contributed by atoms with Crippen molar-refractivity contribution in [3.63, 3.8) is 0 Å². The van der Waals surface area contributed by atoms with Crippen molar-refractivity contribution in [3.05, 3.63) is 46.3 Å². The zero-order valence-electron chi connectivity index (χ0n) is 14.1. The molecule has 2 unspecified atom stereocenters. The molecule has 0 radical (unpaired) electrons. The van der Waals surface area contributed by atoms with Gasteiger partial charge in [0.1, 0.15) is 0 Å². The van der Waals surface area contributed by atoms with Gasteiger partial charge in [0.05, 0.1) is 17.3 Å². The summed E-state index contributed by atoms with van der Waals surface area (Å²) in [5, 5.41) is 7.82. The lowest BCUT2D eigenvalue weighted by atomic mass is 9.94. The van der Waals surface area contributed by atoms with Gasteiger partial charge >= 0.3 is 5.69 Å². The van der Waals surface area contributed by atoms with Gasteiger partial charge in [0.2, 0.25) is 5.95 Å². The van der Waals surface area contributed by atoms with E-state index in [2.05, 4.69) is 20.1 Å². The van der Waals surface area contributed by atoms with E-state index in [-0.39, 0.29) is 11.7 Å². The van der Waals surface area contributed by atoms with Crippen LogP contribution in [0, 0.1) is 18.8 Å². The number of hydrogen-bond acceptors (Lipinski definition) is 5. The molecule has 2 N–H and O–H groups in total. The Morgan fingerprint density at radius 3 is 2.76 bits per heavy atom. The van der Waals surface area contributed by atoms with Gasteiger partial charge in [0, 0.05) is 11.9 Å². The van der Waals surface area contributed by atoms with Gasteiger partial charge in [-0.2, -0.15) is 5.10 Å². The maximum atomic E-state index is 11.6. The lowest BCUT2D eigenvalue weighted by Gasteiger charge is -2.26. The minimum absolute atomic E-state index is 0.0343. The van der Waals surface area contributed by atoms with Gasteiger partial charge in [-0.25, -0.2) is 19.9 Å². The number of rotatable bonds is 3. The molecule has 0 amide bonds. The van der Waals surface area contributed by atoms with Gasteiger partial charge in [-0.1, -0.05) is 18.2 Å². The SMILES string of the molecule is Cc1nc(N2CCC(C3CC3)C2c2n[nH]c(=O)[nH]2)nc2ccccc12. The molecule has 1 aliphatic heterocycles. The average Bonchev–Trinajstić information content (AvgIpc) is 3.22. The van der Waals surface area contributed by atoms with E-state index in [0.717, 1.165) is 41.4 Å². The first-order valence-electron chi connectivity index (χ1n) is 8.85. The number of H-pyrrole nitrogens is 2. The fourth-order valence-electron chi connectivity index (χ4n) is 4.18. The van der Waals surface area contributed by atoms with Crippen molar-refractivity contribution in [3.8, 4) is 0 Å². The second kappa shape index (κ2) is 5.40. The van der Waals surface area contributed by atoms with Crippen LogP contribution in [0.1, 0.15) is 36.8 Å². The molecule has 128 valence electrons. The Morgan fingerprint density at radius 1 is 1.16 bits per heavy atom. The summed E-state index contributed by atoms with van der Waals surface area (Å²) in [6, 6.07) is 8.11. The van der Waals surface area contributed by atoms with Crippen LogP contribution in [0.15, 0.2) is 29.1 Å². The smallest absolute Gasteiger partial charge is 0.330 e. The van der Waals surface area contributed by atoms with Gasteiger partial charge in [-0.3, -0.25) is 4.98 Å². The first-order valence-corrected chi connectivity index (χ1v) is 8.85. The summed E-state index contributed by atoms with van der Waals surface area (Å²) >= 11 is 0. The Kier molecular flexibility index (Phi) is 3.16. The number of para-hydroxylation sites is 1. The molecule has 2 aliphatic rings. The van der Waals surface area contributed by atoms with E-state index in [4.69, 9.17) is 9.97 Å². The van der Waals surface area contributed by atoms with Crippen LogP contribution in [0.4, 0.5) is 5.95 Å². The lowest BCUT2D eigenvalue weighted by molar-refractivity contribution is 0.413. The van der Waals surface area contributed by atoms with E-state index in [1.54, 1.807) is 0 Å². The third-order valence-corrected chi connectivity index (χ3v) is 5.51. The maximum Gasteiger partial charge on any atom is 0.340 e. The third kappa shape index (κ3) is 2.42. The topological polar surface area (TPSA) is 90.6 Å². The molecule has 2 atom stereocenters. The van der Waals surface area contributed by atoms with Crippen LogP contribution in [0.3, 0.4) is 0 Å². The summed E-state index contributed by atoms with van der Waals surface area (Å²) in [6.45, 7) is 2.91.